The third-order valence-electron chi connectivity index (χ3n) is 5.05. The van der Waals surface area contributed by atoms with E-state index in [0.717, 1.165) is 38.4 Å². The molecule has 0 radical (unpaired) electrons. The lowest BCUT2D eigenvalue weighted by molar-refractivity contribution is 0.104. The number of sulfone groups is 1. The Labute approximate surface area is 116 Å². The SMILES string of the molecule is CCC1CNC(C2CC2)CN1CC1CCS(=O)(=O)C1. The summed E-state index contributed by atoms with van der Waals surface area (Å²) in [6.07, 6.45) is 4.78. The highest BCUT2D eigenvalue weighted by atomic mass is 32.2. The van der Waals surface area contributed by atoms with E-state index in [1.54, 1.807) is 0 Å². The Morgan fingerprint density at radius 1 is 1.26 bits per heavy atom. The van der Waals surface area contributed by atoms with Crippen molar-refractivity contribution in [2.45, 2.75) is 44.7 Å². The summed E-state index contributed by atoms with van der Waals surface area (Å²) in [6, 6.07) is 1.25. The van der Waals surface area contributed by atoms with Gasteiger partial charge in [-0.1, -0.05) is 6.92 Å². The monoisotopic (exact) mass is 286 g/mol. The normalized spacial score (nSPS) is 39.5. The smallest absolute Gasteiger partial charge is 0.150 e. The second-order valence-corrected chi connectivity index (χ2v) is 8.87. The van der Waals surface area contributed by atoms with E-state index in [-0.39, 0.29) is 0 Å². The molecule has 5 heteroatoms. The van der Waals surface area contributed by atoms with E-state index >= 15 is 0 Å². The van der Waals surface area contributed by atoms with Gasteiger partial charge in [-0.3, -0.25) is 4.90 Å². The lowest BCUT2D eigenvalue weighted by Gasteiger charge is -2.41. The van der Waals surface area contributed by atoms with Crippen molar-refractivity contribution in [3.8, 4) is 0 Å². The molecule has 0 aromatic rings. The third kappa shape index (κ3) is 3.31. The van der Waals surface area contributed by atoms with Crippen LogP contribution in [0.15, 0.2) is 0 Å². The van der Waals surface area contributed by atoms with Crippen molar-refractivity contribution in [1.82, 2.24) is 10.2 Å². The fourth-order valence-corrected chi connectivity index (χ4v) is 5.52. The van der Waals surface area contributed by atoms with Crippen molar-refractivity contribution in [2.24, 2.45) is 11.8 Å². The maximum Gasteiger partial charge on any atom is 0.150 e. The molecule has 3 atom stereocenters. The summed E-state index contributed by atoms with van der Waals surface area (Å²) in [5.74, 6) is 2.08. The molecule has 0 bridgehead atoms. The fourth-order valence-electron chi connectivity index (χ4n) is 3.67. The largest absolute Gasteiger partial charge is 0.311 e. The zero-order valence-corrected chi connectivity index (χ0v) is 12.7. The Morgan fingerprint density at radius 3 is 2.63 bits per heavy atom. The summed E-state index contributed by atoms with van der Waals surface area (Å²) in [5.41, 5.74) is 0. The van der Waals surface area contributed by atoms with E-state index in [1.165, 1.54) is 12.8 Å². The van der Waals surface area contributed by atoms with Gasteiger partial charge in [0.15, 0.2) is 9.84 Å². The molecule has 3 fully saturated rings. The van der Waals surface area contributed by atoms with Gasteiger partial charge in [-0.15, -0.1) is 0 Å². The number of rotatable bonds is 4. The van der Waals surface area contributed by atoms with E-state index in [9.17, 15) is 8.42 Å². The molecule has 0 amide bonds. The Balaban J connectivity index is 1.59. The standard InChI is InChI=1S/C14H26N2O2S/c1-2-13-7-15-14(12-3-4-12)9-16(13)8-11-5-6-19(17,18)10-11/h11-15H,2-10H2,1H3. The molecule has 1 N–H and O–H groups in total. The molecule has 3 aliphatic rings. The molecule has 1 aliphatic carbocycles. The summed E-state index contributed by atoms with van der Waals surface area (Å²) < 4.78 is 23.2. The Morgan fingerprint density at radius 2 is 2.05 bits per heavy atom. The molecule has 19 heavy (non-hydrogen) atoms. The van der Waals surface area contributed by atoms with Gasteiger partial charge in [-0.25, -0.2) is 8.42 Å². The van der Waals surface area contributed by atoms with Crippen molar-refractivity contribution in [2.75, 3.05) is 31.1 Å². The summed E-state index contributed by atoms with van der Waals surface area (Å²) in [4.78, 5) is 2.57. The predicted molar refractivity (Wildman–Crippen MR) is 76.9 cm³/mol. The van der Waals surface area contributed by atoms with Crippen LogP contribution in [-0.2, 0) is 9.84 Å². The maximum absolute atomic E-state index is 11.6. The minimum atomic E-state index is -2.73. The molecule has 0 aromatic carbocycles. The van der Waals surface area contributed by atoms with Crippen LogP contribution in [0.1, 0.15) is 32.6 Å². The van der Waals surface area contributed by atoms with E-state index in [4.69, 9.17) is 0 Å². The molecule has 2 saturated heterocycles. The van der Waals surface area contributed by atoms with Crippen LogP contribution >= 0.6 is 0 Å². The molecule has 0 aromatic heterocycles. The van der Waals surface area contributed by atoms with Crippen LogP contribution in [0, 0.1) is 11.8 Å². The molecule has 2 heterocycles. The zero-order valence-electron chi connectivity index (χ0n) is 11.8. The summed E-state index contributed by atoms with van der Waals surface area (Å²) in [7, 11) is -2.73. The van der Waals surface area contributed by atoms with Crippen molar-refractivity contribution in [3.05, 3.63) is 0 Å². The lowest BCUT2D eigenvalue weighted by atomic mass is 10.0. The molecule has 110 valence electrons. The second-order valence-electron chi connectivity index (χ2n) is 6.64. The number of nitrogens with zero attached hydrogens (tertiary/aromatic N) is 1. The first-order valence-electron chi connectivity index (χ1n) is 7.75. The Bertz CT molecular complexity index is 419. The maximum atomic E-state index is 11.6. The highest BCUT2D eigenvalue weighted by Crippen LogP contribution is 2.35. The molecule has 1 saturated carbocycles. The quantitative estimate of drug-likeness (QED) is 0.834. The highest BCUT2D eigenvalue weighted by molar-refractivity contribution is 7.91. The lowest BCUT2D eigenvalue weighted by Crippen LogP contribution is -2.58. The van der Waals surface area contributed by atoms with Crippen LogP contribution in [-0.4, -0.2) is 56.5 Å². The van der Waals surface area contributed by atoms with Crippen molar-refractivity contribution < 1.29 is 8.42 Å². The van der Waals surface area contributed by atoms with Crippen molar-refractivity contribution in [3.63, 3.8) is 0 Å². The van der Waals surface area contributed by atoms with Gasteiger partial charge in [0.1, 0.15) is 0 Å². The fraction of sp³-hybridized carbons (Fsp3) is 1.00. The van der Waals surface area contributed by atoms with Gasteiger partial charge in [0.25, 0.3) is 0 Å². The topological polar surface area (TPSA) is 49.4 Å². The van der Waals surface area contributed by atoms with E-state index in [0.29, 0.717) is 29.5 Å². The molecule has 0 spiro atoms. The zero-order chi connectivity index (χ0) is 13.5. The number of nitrogens with one attached hydrogen (secondary N) is 1. The van der Waals surface area contributed by atoms with Crippen LogP contribution in [0.2, 0.25) is 0 Å². The first-order chi connectivity index (χ1) is 9.07. The minimum absolute atomic E-state index is 0.372. The van der Waals surface area contributed by atoms with Crippen LogP contribution < -0.4 is 5.32 Å². The number of hydrogen-bond donors (Lipinski definition) is 1. The molecule has 4 nitrogen and oxygen atoms in total. The highest BCUT2D eigenvalue weighted by Gasteiger charge is 2.38. The summed E-state index contributed by atoms with van der Waals surface area (Å²) >= 11 is 0. The summed E-state index contributed by atoms with van der Waals surface area (Å²) in [5, 5.41) is 3.69. The van der Waals surface area contributed by atoms with Gasteiger partial charge in [-0.05, 0) is 37.5 Å². The number of piperazine rings is 1. The van der Waals surface area contributed by atoms with Gasteiger partial charge in [0.05, 0.1) is 11.5 Å². The van der Waals surface area contributed by atoms with Gasteiger partial charge in [0.2, 0.25) is 0 Å². The minimum Gasteiger partial charge on any atom is -0.311 e. The van der Waals surface area contributed by atoms with Gasteiger partial charge in [-0.2, -0.15) is 0 Å². The number of hydrogen-bond acceptors (Lipinski definition) is 4. The van der Waals surface area contributed by atoms with Crippen LogP contribution in [0.5, 0.6) is 0 Å². The van der Waals surface area contributed by atoms with Gasteiger partial charge in [0, 0.05) is 31.7 Å². The first kappa shape index (κ1) is 13.8. The Kier molecular flexibility index (Phi) is 3.89. The van der Waals surface area contributed by atoms with Gasteiger partial charge < -0.3 is 5.32 Å². The Hall–Kier alpha value is -0.130. The average Bonchev–Trinajstić information content (AvgIpc) is 3.15. The molecular formula is C14H26N2O2S. The van der Waals surface area contributed by atoms with Crippen molar-refractivity contribution in [1.29, 1.82) is 0 Å². The van der Waals surface area contributed by atoms with Gasteiger partial charge >= 0.3 is 0 Å². The predicted octanol–water partition coefficient (Wildman–Crippen LogP) is 0.884. The third-order valence-corrected chi connectivity index (χ3v) is 6.88. The van der Waals surface area contributed by atoms with Crippen LogP contribution in [0.25, 0.3) is 0 Å². The van der Waals surface area contributed by atoms with E-state index in [1.807, 2.05) is 0 Å². The average molecular weight is 286 g/mol. The molecule has 3 rings (SSSR count). The summed E-state index contributed by atoms with van der Waals surface area (Å²) in [6.45, 7) is 5.43. The molecular weight excluding hydrogens is 260 g/mol. The van der Waals surface area contributed by atoms with Crippen LogP contribution in [0.4, 0.5) is 0 Å². The van der Waals surface area contributed by atoms with E-state index in [2.05, 4.69) is 17.1 Å². The van der Waals surface area contributed by atoms with E-state index < -0.39 is 9.84 Å². The second kappa shape index (κ2) is 5.34. The molecule has 2 aliphatic heterocycles. The first-order valence-corrected chi connectivity index (χ1v) is 9.57. The molecule has 3 unspecified atom stereocenters. The van der Waals surface area contributed by atoms with Crippen molar-refractivity contribution >= 4 is 9.84 Å². The van der Waals surface area contributed by atoms with Crippen LogP contribution in [0.3, 0.4) is 0 Å².